The van der Waals surface area contributed by atoms with Crippen LogP contribution in [-0.2, 0) is 9.47 Å². The molecule has 1 fully saturated rings. The van der Waals surface area contributed by atoms with Crippen LogP contribution in [-0.4, -0.2) is 45.4 Å². The summed E-state index contributed by atoms with van der Waals surface area (Å²) in [6, 6.07) is 7.56. The normalized spacial score (nSPS) is 19.7. The SMILES string of the molecule is COC(=O)c1cccc(N2CCOCC2CN)c1. The minimum atomic E-state index is -0.325. The van der Waals surface area contributed by atoms with Crippen molar-refractivity contribution in [2.75, 3.05) is 38.3 Å². The third kappa shape index (κ3) is 2.63. The van der Waals surface area contributed by atoms with E-state index in [1.807, 2.05) is 18.2 Å². The zero-order valence-corrected chi connectivity index (χ0v) is 10.5. The minimum Gasteiger partial charge on any atom is -0.465 e. The summed E-state index contributed by atoms with van der Waals surface area (Å²) in [5.74, 6) is -0.325. The summed E-state index contributed by atoms with van der Waals surface area (Å²) in [7, 11) is 1.38. The first-order valence-corrected chi connectivity index (χ1v) is 5.99. The summed E-state index contributed by atoms with van der Waals surface area (Å²) < 4.78 is 10.1. The second-order valence-electron chi connectivity index (χ2n) is 4.20. The molecule has 1 aliphatic rings. The Morgan fingerprint density at radius 3 is 3.17 bits per heavy atom. The molecule has 0 radical (unpaired) electrons. The van der Waals surface area contributed by atoms with Crippen molar-refractivity contribution in [3.05, 3.63) is 29.8 Å². The number of hydrogen-bond donors (Lipinski definition) is 1. The van der Waals surface area contributed by atoms with Gasteiger partial charge in [0.1, 0.15) is 0 Å². The monoisotopic (exact) mass is 250 g/mol. The first-order chi connectivity index (χ1) is 8.76. The van der Waals surface area contributed by atoms with Gasteiger partial charge < -0.3 is 20.1 Å². The summed E-state index contributed by atoms with van der Waals surface area (Å²) >= 11 is 0. The van der Waals surface area contributed by atoms with E-state index in [0.717, 1.165) is 12.2 Å². The van der Waals surface area contributed by atoms with E-state index in [1.165, 1.54) is 7.11 Å². The second-order valence-corrected chi connectivity index (χ2v) is 4.20. The number of ether oxygens (including phenoxy) is 2. The van der Waals surface area contributed by atoms with Crippen molar-refractivity contribution in [3.8, 4) is 0 Å². The molecule has 5 nitrogen and oxygen atoms in total. The molecule has 1 unspecified atom stereocenters. The maximum absolute atomic E-state index is 11.5. The Kier molecular flexibility index (Phi) is 4.17. The second kappa shape index (κ2) is 5.84. The van der Waals surface area contributed by atoms with E-state index < -0.39 is 0 Å². The van der Waals surface area contributed by atoms with Crippen LogP contribution < -0.4 is 10.6 Å². The first-order valence-electron chi connectivity index (χ1n) is 5.99. The number of benzene rings is 1. The Bertz CT molecular complexity index is 422. The largest absolute Gasteiger partial charge is 0.465 e. The Labute approximate surface area is 106 Å². The van der Waals surface area contributed by atoms with Crippen LogP contribution in [0.2, 0.25) is 0 Å². The van der Waals surface area contributed by atoms with Gasteiger partial charge in [-0.3, -0.25) is 0 Å². The molecular weight excluding hydrogens is 232 g/mol. The van der Waals surface area contributed by atoms with Crippen molar-refractivity contribution in [3.63, 3.8) is 0 Å². The molecule has 5 heteroatoms. The summed E-state index contributed by atoms with van der Waals surface area (Å²) in [5, 5.41) is 0. The zero-order valence-electron chi connectivity index (χ0n) is 10.5. The number of carbonyl (C=O) groups excluding carboxylic acids is 1. The lowest BCUT2D eigenvalue weighted by atomic mass is 10.1. The van der Waals surface area contributed by atoms with Gasteiger partial charge in [0.15, 0.2) is 0 Å². The summed E-state index contributed by atoms with van der Waals surface area (Å²) in [6.45, 7) is 2.62. The van der Waals surface area contributed by atoms with Gasteiger partial charge in [-0.1, -0.05) is 6.07 Å². The molecule has 2 rings (SSSR count). The van der Waals surface area contributed by atoms with Crippen molar-refractivity contribution in [1.82, 2.24) is 0 Å². The van der Waals surface area contributed by atoms with Gasteiger partial charge in [-0.15, -0.1) is 0 Å². The Morgan fingerprint density at radius 1 is 1.61 bits per heavy atom. The van der Waals surface area contributed by atoms with Crippen LogP contribution in [0.3, 0.4) is 0 Å². The Balaban J connectivity index is 2.23. The topological polar surface area (TPSA) is 64.8 Å². The molecule has 0 aliphatic carbocycles. The predicted molar refractivity (Wildman–Crippen MR) is 68.8 cm³/mol. The number of morpholine rings is 1. The molecule has 2 N–H and O–H groups in total. The van der Waals surface area contributed by atoms with Gasteiger partial charge in [0.25, 0.3) is 0 Å². The standard InChI is InChI=1S/C13H18N2O3/c1-17-13(16)10-3-2-4-11(7-10)15-5-6-18-9-12(15)8-14/h2-4,7,12H,5-6,8-9,14H2,1H3. The van der Waals surface area contributed by atoms with E-state index in [1.54, 1.807) is 6.07 Å². The Morgan fingerprint density at radius 2 is 2.44 bits per heavy atom. The Hall–Kier alpha value is -1.59. The molecule has 18 heavy (non-hydrogen) atoms. The van der Waals surface area contributed by atoms with E-state index in [-0.39, 0.29) is 12.0 Å². The van der Waals surface area contributed by atoms with Gasteiger partial charge in [-0.25, -0.2) is 4.79 Å². The summed E-state index contributed by atoms with van der Waals surface area (Å²) in [6.07, 6.45) is 0. The lowest BCUT2D eigenvalue weighted by molar-refractivity contribution is 0.0600. The highest BCUT2D eigenvalue weighted by molar-refractivity contribution is 5.90. The highest BCUT2D eigenvalue weighted by atomic mass is 16.5. The molecule has 1 heterocycles. The van der Waals surface area contributed by atoms with Gasteiger partial charge in [-0.05, 0) is 18.2 Å². The molecule has 1 aliphatic heterocycles. The highest BCUT2D eigenvalue weighted by Gasteiger charge is 2.22. The number of rotatable bonds is 3. The van der Waals surface area contributed by atoms with Crippen molar-refractivity contribution < 1.29 is 14.3 Å². The van der Waals surface area contributed by atoms with Crippen molar-refractivity contribution in [2.45, 2.75) is 6.04 Å². The molecule has 1 aromatic rings. The molecule has 1 aromatic carbocycles. The van der Waals surface area contributed by atoms with Crippen LogP contribution in [0.4, 0.5) is 5.69 Å². The van der Waals surface area contributed by atoms with E-state index in [0.29, 0.717) is 25.3 Å². The van der Waals surface area contributed by atoms with Crippen LogP contribution in [0, 0.1) is 0 Å². The van der Waals surface area contributed by atoms with Gasteiger partial charge in [0.2, 0.25) is 0 Å². The molecule has 0 bridgehead atoms. The van der Waals surface area contributed by atoms with Crippen LogP contribution in [0.1, 0.15) is 10.4 Å². The van der Waals surface area contributed by atoms with Crippen LogP contribution >= 0.6 is 0 Å². The molecule has 0 saturated carbocycles. The van der Waals surface area contributed by atoms with Gasteiger partial charge in [-0.2, -0.15) is 0 Å². The molecule has 1 saturated heterocycles. The third-order valence-electron chi connectivity index (χ3n) is 3.10. The average molecular weight is 250 g/mol. The number of carbonyl (C=O) groups is 1. The molecule has 98 valence electrons. The first kappa shape index (κ1) is 12.9. The van der Waals surface area contributed by atoms with E-state index in [4.69, 9.17) is 15.2 Å². The van der Waals surface area contributed by atoms with Gasteiger partial charge >= 0.3 is 5.97 Å². The fourth-order valence-electron chi connectivity index (χ4n) is 2.12. The fourth-order valence-corrected chi connectivity index (χ4v) is 2.12. The number of anilines is 1. The van der Waals surface area contributed by atoms with Crippen LogP contribution in [0.5, 0.6) is 0 Å². The molecule has 0 aromatic heterocycles. The van der Waals surface area contributed by atoms with E-state index in [9.17, 15) is 4.79 Å². The minimum absolute atomic E-state index is 0.159. The van der Waals surface area contributed by atoms with Crippen LogP contribution in [0.25, 0.3) is 0 Å². The van der Waals surface area contributed by atoms with E-state index >= 15 is 0 Å². The summed E-state index contributed by atoms with van der Waals surface area (Å²) in [5.41, 5.74) is 7.28. The smallest absolute Gasteiger partial charge is 0.337 e. The lowest BCUT2D eigenvalue weighted by Crippen LogP contribution is -2.49. The number of esters is 1. The number of nitrogens with two attached hydrogens (primary N) is 1. The van der Waals surface area contributed by atoms with Gasteiger partial charge in [0, 0.05) is 18.8 Å². The predicted octanol–water partition coefficient (Wildman–Crippen LogP) is 0.637. The average Bonchev–Trinajstić information content (AvgIpc) is 2.46. The summed E-state index contributed by atoms with van der Waals surface area (Å²) in [4.78, 5) is 13.7. The molecule has 0 spiro atoms. The lowest BCUT2D eigenvalue weighted by Gasteiger charge is -2.36. The number of nitrogens with zero attached hydrogens (tertiary/aromatic N) is 1. The highest BCUT2D eigenvalue weighted by Crippen LogP contribution is 2.21. The molecular formula is C13H18N2O3. The van der Waals surface area contributed by atoms with E-state index in [2.05, 4.69) is 4.90 Å². The fraction of sp³-hybridized carbons (Fsp3) is 0.462. The molecule has 1 atom stereocenters. The quantitative estimate of drug-likeness (QED) is 0.797. The third-order valence-corrected chi connectivity index (χ3v) is 3.10. The number of hydrogen-bond acceptors (Lipinski definition) is 5. The number of methoxy groups -OCH3 is 1. The van der Waals surface area contributed by atoms with Crippen molar-refractivity contribution in [1.29, 1.82) is 0 Å². The maximum Gasteiger partial charge on any atom is 0.337 e. The zero-order chi connectivity index (χ0) is 13.0. The van der Waals surface area contributed by atoms with Crippen LogP contribution in [0.15, 0.2) is 24.3 Å². The maximum atomic E-state index is 11.5. The van der Waals surface area contributed by atoms with Crippen molar-refractivity contribution >= 4 is 11.7 Å². The molecule has 0 amide bonds. The van der Waals surface area contributed by atoms with Crippen molar-refractivity contribution in [2.24, 2.45) is 5.73 Å². The van der Waals surface area contributed by atoms with Gasteiger partial charge in [0.05, 0.1) is 31.9 Å².